The van der Waals surface area contributed by atoms with Crippen LogP contribution in [0, 0.1) is 83.0 Å². The van der Waals surface area contributed by atoms with E-state index in [2.05, 4.69) is 356 Å². The van der Waals surface area contributed by atoms with Crippen molar-refractivity contribution in [1.82, 2.24) is 0 Å². The van der Waals surface area contributed by atoms with Crippen molar-refractivity contribution in [2.24, 2.45) is 41.4 Å². The van der Waals surface area contributed by atoms with Gasteiger partial charge < -0.3 is 29.4 Å². The van der Waals surface area contributed by atoms with E-state index in [4.69, 9.17) is 1.37 Å². The Balaban J connectivity index is 0.000000116. The maximum atomic E-state index is 8.03. The first-order chi connectivity index (χ1) is 60.2. The number of benzene rings is 7. The molecule has 6 nitrogen and oxygen atoms in total. The van der Waals surface area contributed by atoms with E-state index < -0.39 is 0 Å². The van der Waals surface area contributed by atoms with Gasteiger partial charge in [-0.2, -0.15) is 0 Å². The zero-order valence-electron chi connectivity index (χ0n) is 78.4. The lowest BCUT2D eigenvalue weighted by Gasteiger charge is -2.33. The maximum Gasteiger partial charge on any atom is 0.0871 e. The monoisotopic (exact) mass is 1760 g/mol. The van der Waals surface area contributed by atoms with Crippen LogP contribution in [0.4, 0.5) is 34.1 Å². The van der Waals surface area contributed by atoms with Gasteiger partial charge in [-0.05, 0) is 311 Å². The molecule has 20 rings (SSSR count). The zero-order chi connectivity index (χ0) is 86.7. The van der Waals surface area contributed by atoms with Crippen LogP contribution in [0.2, 0.25) is 0 Å². The van der Waals surface area contributed by atoms with Crippen LogP contribution in [0.15, 0.2) is 235 Å². The molecule has 7 aromatic rings. The van der Waals surface area contributed by atoms with Crippen LogP contribution < -0.4 is 29.4 Å². The van der Waals surface area contributed by atoms with Crippen molar-refractivity contribution in [3.63, 3.8) is 0 Å². The number of aryl methyl sites for hydroxylation is 6. The molecule has 7 fully saturated rings. The summed E-state index contributed by atoms with van der Waals surface area (Å²) in [4.78, 5) is 24.5. The molecule has 7 saturated carbocycles. The predicted octanol–water partition coefficient (Wildman–Crippen LogP) is 34.2. The number of hydrogen-bond donors (Lipinski definition) is 0. The van der Waals surface area contributed by atoms with E-state index in [1.165, 1.54) is 296 Å². The molecule has 0 bridgehead atoms. The molecule has 0 amide bonds. The van der Waals surface area contributed by atoms with Crippen molar-refractivity contribution in [3.8, 4) is 0 Å². The van der Waals surface area contributed by atoms with E-state index in [-0.39, 0.29) is 5.85 Å². The van der Waals surface area contributed by atoms with Gasteiger partial charge in [-0.25, -0.2) is 0 Å². The Kier molecular flexibility index (Phi) is 31.8. The Morgan fingerprint density at radius 2 is 0.488 bits per heavy atom. The lowest BCUT2D eigenvalue weighted by atomic mass is 9.88. The second-order valence-electron chi connectivity index (χ2n) is 37.8. The maximum absolute atomic E-state index is 8.03. The Hall–Kier alpha value is -6.12. The predicted molar refractivity (Wildman–Crippen MR) is 549 cm³/mol. The Morgan fingerprint density at radius 1 is 0.236 bits per heavy atom. The number of anilines is 6. The summed E-state index contributed by atoms with van der Waals surface area (Å²) in [6, 6.07) is 63.6. The van der Waals surface area contributed by atoms with Gasteiger partial charge in [0.2, 0.25) is 0 Å². The Bertz CT molecular complexity index is 4850. The van der Waals surface area contributed by atoms with Gasteiger partial charge in [0, 0.05) is 97.7 Å². The molecule has 0 N–H and O–H groups in total. The summed E-state index contributed by atoms with van der Waals surface area (Å²) < 4.78 is 8.03. The molecule has 6 heterocycles. The van der Waals surface area contributed by atoms with E-state index >= 15 is 0 Å². The summed E-state index contributed by atoms with van der Waals surface area (Å²) in [6.07, 6.45) is 41.1. The normalized spacial score (nSPS) is 24.6. The average Bonchev–Trinajstić information content (AvgIpc) is 1.62. The fourth-order valence-corrected chi connectivity index (χ4v) is 31.3. The molecule has 7 aliphatic carbocycles. The molecule has 0 saturated heterocycles. The standard InChI is InChI=1S/C22H31NS.C22H25NS.C21H29NS.2C17H23NS.C12H15NS/c2*1-16-10-6-9-15-20(16)23-17(2)21(18-11-4-3-5-12-18)24-22(23)19-13-7-8-14-19;1-15-9-3-8-14-19(15)22-16(2)20(17-10-4-5-11-17)23-21(22)18-12-6-7-13-18;2*1-12-8-4-7-11-16(12)18-13(2)14(3)19-17(18)15-9-5-6-10-15;1-9-6-4-5-7-12(9)13-8-14-11(3)10(13)2/h6,9-10,15,18-19,22H,3-5,7-8,11-14H2,1-2H3;3-6,9-12,15,19,22H,7-8,13-14H2,1-2H3;3,8-9,14,17-18,21H,4-7,10-13H2,1-2H3;2*4,7-8,11,15,17H,5-6,9-10H2,1-3H3;4-7H,8H2,1-3H3/i;;;;;8D. The highest BCUT2D eigenvalue weighted by Gasteiger charge is 2.45. The van der Waals surface area contributed by atoms with Gasteiger partial charge in [0.15, 0.2) is 0 Å². The van der Waals surface area contributed by atoms with Gasteiger partial charge >= 0.3 is 0 Å². The van der Waals surface area contributed by atoms with Crippen molar-refractivity contribution in [2.45, 2.75) is 317 Å². The van der Waals surface area contributed by atoms with E-state index in [1.54, 1.807) is 33.0 Å². The average molecular weight is 1760 g/mol. The number of para-hydroxylation sites is 6. The molecule has 0 aromatic heterocycles. The fraction of sp³-hybridized carbons (Fsp3) is 0.514. The second-order valence-corrected chi connectivity index (χ2v) is 45.0. The minimum Gasteiger partial charge on any atom is -0.334 e. The number of nitrogens with zero attached hydrogens (tertiary/aromatic N) is 6. The van der Waals surface area contributed by atoms with E-state index in [9.17, 15) is 0 Å². The Morgan fingerprint density at radius 3 is 0.789 bits per heavy atom. The van der Waals surface area contributed by atoms with Gasteiger partial charge in [-0.3, -0.25) is 0 Å². The van der Waals surface area contributed by atoms with E-state index in [0.29, 0.717) is 26.9 Å². The summed E-state index contributed by atoms with van der Waals surface area (Å²) in [5.41, 5.74) is 26.5. The molecule has 123 heavy (non-hydrogen) atoms. The summed E-state index contributed by atoms with van der Waals surface area (Å²) in [6.45, 7) is 33.7. The summed E-state index contributed by atoms with van der Waals surface area (Å²) in [5.74, 6) is 5.70. The van der Waals surface area contributed by atoms with Crippen molar-refractivity contribution in [2.75, 3.05) is 35.3 Å². The quantitative estimate of drug-likeness (QED) is 0.103. The third kappa shape index (κ3) is 21.1. The molecule has 0 spiro atoms. The molecule has 6 atom stereocenters. The van der Waals surface area contributed by atoms with Gasteiger partial charge in [0.25, 0.3) is 0 Å². The first kappa shape index (κ1) is 90.2. The molecule has 6 aliphatic heterocycles. The molecule has 0 radical (unpaired) electrons. The first-order valence-electron chi connectivity index (χ1n) is 48.5. The molecule has 12 heteroatoms. The number of allylic oxidation sites excluding steroid dienone is 11. The molecular formula is C111H146N6S6. The summed E-state index contributed by atoms with van der Waals surface area (Å²) >= 11 is 12.3. The number of hydrogen-bond acceptors (Lipinski definition) is 12. The van der Waals surface area contributed by atoms with Crippen LogP contribution in [-0.2, 0) is 0 Å². The SMILES string of the molecule is CC1=C(C)N(c2ccccc2C)C(C2CCCC2)S1.CC1=C(C)N(c2ccccc2C)C(C2CCCC2)S1.CC1=C(C2CCCC2)SC(C2CCCC2)N1c1ccccc1C.CC1=C(C2CCCCC2)SC(C2CCCC2)N1c1ccccc1C.CC1=C(c2ccccc2)SC(C2CCCC2)N1c1ccccc1C.[2H]C1SC(C)=C(C)N1c1ccccc1C. The van der Waals surface area contributed by atoms with Crippen LogP contribution in [0.25, 0.3) is 4.91 Å². The smallest absolute Gasteiger partial charge is 0.0871 e. The Labute approximate surface area is 771 Å². The minimum atomic E-state index is -0.230. The lowest BCUT2D eigenvalue weighted by molar-refractivity contribution is 0.413. The van der Waals surface area contributed by atoms with Crippen molar-refractivity contribution < 1.29 is 1.37 Å². The van der Waals surface area contributed by atoms with Crippen LogP contribution >= 0.6 is 70.6 Å². The second kappa shape index (κ2) is 43.3. The third-order valence-electron chi connectivity index (χ3n) is 29.7. The highest BCUT2D eigenvalue weighted by atomic mass is 32.2. The molecule has 6 unspecified atom stereocenters. The topological polar surface area (TPSA) is 19.4 Å². The van der Waals surface area contributed by atoms with Crippen molar-refractivity contribution in [1.29, 1.82) is 0 Å². The first-order valence-corrected chi connectivity index (χ1v) is 53.2. The molecule has 13 aliphatic rings. The number of rotatable bonds is 14. The van der Waals surface area contributed by atoms with Crippen LogP contribution in [0.3, 0.4) is 0 Å². The van der Waals surface area contributed by atoms with Gasteiger partial charge in [0.05, 0.1) is 34.1 Å². The largest absolute Gasteiger partial charge is 0.334 e. The minimum absolute atomic E-state index is 0.230. The van der Waals surface area contributed by atoms with E-state index in [0.717, 1.165) is 47.1 Å². The van der Waals surface area contributed by atoms with Crippen LogP contribution in [-0.4, -0.2) is 32.7 Å². The summed E-state index contributed by atoms with van der Waals surface area (Å²) in [5, 5.41) is 3.09. The lowest BCUT2D eigenvalue weighted by Crippen LogP contribution is -2.33. The van der Waals surface area contributed by atoms with Gasteiger partial charge in [-0.15, -0.1) is 58.8 Å². The van der Waals surface area contributed by atoms with Crippen molar-refractivity contribution >= 4 is 110 Å². The molecule has 656 valence electrons. The fourth-order valence-electron chi connectivity index (χ4n) is 22.3. The van der Waals surface area contributed by atoms with Crippen LogP contribution in [0.5, 0.6) is 0 Å². The zero-order valence-corrected chi connectivity index (χ0v) is 82.3. The molecule has 7 aromatic carbocycles. The number of thioether (sulfide) groups is 6. The van der Waals surface area contributed by atoms with Gasteiger partial charge in [-0.1, -0.05) is 248 Å². The van der Waals surface area contributed by atoms with Crippen LogP contribution in [0.1, 0.15) is 289 Å². The summed E-state index contributed by atoms with van der Waals surface area (Å²) in [7, 11) is 0. The van der Waals surface area contributed by atoms with Crippen molar-refractivity contribution in [3.05, 3.63) is 274 Å². The van der Waals surface area contributed by atoms with Gasteiger partial charge in [0.1, 0.15) is 0 Å². The third-order valence-corrected chi connectivity index (χ3v) is 38.7. The highest BCUT2D eigenvalue weighted by molar-refractivity contribution is 8.09. The highest BCUT2D eigenvalue weighted by Crippen LogP contribution is 2.58. The molecular weight excluding hydrogens is 1610 g/mol. The van der Waals surface area contributed by atoms with E-state index in [1.807, 2.05) is 12.1 Å².